The summed E-state index contributed by atoms with van der Waals surface area (Å²) in [7, 11) is 0. The molecule has 1 amide bonds. The molecule has 0 bridgehead atoms. The van der Waals surface area contributed by atoms with E-state index in [-0.39, 0.29) is 12.0 Å². The predicted octanol–water partition coefficient (Wildman–Crippen LogP) is 3.44. The Morgan fingerprint density at radius 3 is 2.45 bits per heavy atom. The first-order chi connectivity index (χ1) is 14.3. The molecule has 0 saturated carbocycles. The van der Waals surface area contributed by atoms with E-state index in [0.29, 0.717) is 18.9 Å². The summed E-state index contributed by atoms with van der Waals surface area (Å²) in [5.41, 5.74) is 1.36. The Hall–Kier alpha value is -1.59. The van der Waals surface area contributed by atoms with Crippen LogP contribution in [-0.2, 0) is 9.53 Å². The van der Waals surface area contributed by atoms with Crippen LogP contribution in [0.2, 0.25) is 0 Å². The molecule has 29 heavy (non-hydrogen) atoms. The van der Waals surface area contributed by atoms with Gasteiger partial charge < -0.3 is 19.9 Å². The molecule has 1 atom stereocenters. The third kappa shape index (κ3) is 5.95. The Morgan fingerprint density at radius 1 is 1.00 bits per heavy atom. The molecular formula is C24H37N3O2. The number of amides is 1. The lowest BCUT2D eigenvalue weighted by Gasteiger charge is -2.42. The second-order valence-electron chi connectivity index (χ2n) is 9.01. The molecule has 5 nitrogen and oxygen atoms in total. The average Bonchev–Trinajstić information content (AvgIpc) is 3.31. The second kappa shape index (κ2) is 10.4. The van der Waals surface area contributed by atoms with Gasteiger partial charge in [-0.2, -0.15) is 0 Å². The Bertz CT molecular complexity index is 616. The van der Waals surface area contributed by atoms with Crippen LogP contribution in [0.5, 0.6) is 0 Å². The molecule has 1 N–H and O–H groups in total. The van der Waals surface area contributed by atoms with Crippen molar-refractivity contribution >= 4 is 11.6 Å². The topological polar surface area (TPSA) is 44.8 Å². The van der Waals surface area contributed by atoms with Crippen molar-refractivity contribution in [2.75, 3.05) is 44.2 Å². The number of hydrogen-bond donors (Lipinski definition) is 1. The molecule has 0 aromatic heterocycles. The van der Waals surface area contributed by atoms with Crippen LogP contribution in [0.1, 0.15) is 51.4 Å². The maximum absolute atomic E-state index is 12.1. The smallest absolute Gasteiger partial charge is 0.220 e. The van der Waals surface area contributed by atoms with Gasteiger partial charge in [0.05, 0.1) is 6.10 Å². The van der Waals surface area contributed by atoms with Gasteiger partial charge in [0.2, 0.25) is 5.91 Å². The van der Waals surface area contributed by atoms with E-state index in [4.69, 9.17) is 4.74 Å². The van der Waals surface area contributed by atoms with E-state index in [1.165, 1.54) is 57.5 Å². The number of benzene rings is 1. The van der Waals surface area contributed by atoms with Crippen molar-refractivity contribution < 1.29 is 9.53 Å². The van der Waals surface area contributed by atoms with Gasteiger partial charge in [-0.15, -0.1) is 0 Å². The summed E-state index contributed by atoms with van der Waals surface area (Å²) < 4.78 is 5.58. The summed E-state index contributed by atoms with van der Waals surface area (Å²) in [5, 5.41) is 3.06. The van der Waals surface area contributed by atoms with E-state index in [1.54, 1.807) is 0 Å². The monoisotopic (exact) mass is 399 g/mol. The van der Waals surface area contributed by atoms with Crippen LogP contribution in [0.3, 0.4) is 0 Å². The molecule has 3 aliphatic heterocycles. The number of nitrogens with one attached hydrogen (secondary N) is 1. The molecule has 1 aromatic rings. The number of likely N-dealkylation sites (tertiary alicyclic amines) is 1. The number of carbonyl (C=O) groups is 1. The zero-order valence-electron chi connectivity index (χ0n) is 17.7. The summed E-state index contributed by atoms with van der Waals surface area (Å²) in [4.78, 5) is 17.4. The van der Waals surface area contributed by atoms with Gasteiger partial charge >= 0.3 is 0 Å². The van der Waals surface area contributed by atoms with Gasteiger partial charge in [0.15, 0.2) is 0 Å². The molecule has 3 fully saturated rings. The molecule has 0 aliphatic carbocycles. The minimum absolute atomic E-state index is 0.205. The Labute approximate surface area is 175 Å². The minimum atomic E-state index is 0.205. The minimum Gasteiger partial charge on any atom is -0.376 e. The molecule has 0 radical (unpaired) electrons. The van der Waals surface area contributed by atoms with Crippen molar-refractivity contribution in [3.63, 3.8) is 0 Å². The average molecular weight is 400 g/mol. The third-order valence-electron chi connectivity index (χ3n) is 7.08. The van der Waals surface area contributed by atoms with Crippen molar-refractivity contribution in [3.8, 4) is 0 Å². The van der Waals surface area contributed by atoms with Gasteiger partial charge in [0.25, 0.3) is 0 Å². The number of carbonyl (C=O) groups excluding carboxylic acids is 1. The van der Waals surface area contributed by atoms with Gasteiger partial charge in [-0.05, 0) is 76.1 Å². The summed E-state index contributed by atoms with van der Waals surface area (Å²) in [6.45, 7) is 6.29. The van der Waals surface area contributed by atoms with Crippen LogP contribution in [0.25, 0.3) is 0 Å². The summed E-state index contributed by atoms with van der Waals surface area (Å²) in [6, 6.07) is 11.6. The largest absolute Gasteiger partial charge is 0.376 e. The summed E-state index contributed by atoms with van der Waals surface area (Å²) >= 11 is 0. The molecular weight excluding hydrogens is 362 g/mol. The standard InChI is InChI=1S/C24H37N3O2/c28-24(25-19-23-7-4-18-29-23)9-8-20-10-14-26(15-11-20)22-12-16-27(17-13-22)21-5-2-1-3-6-21/h1-3,5-6,20,22-23H,4,7-19H2,(H,25,28). The van der Waals surface area contributed by atoms with Crippen LogP contribution >= 0.6 is 0 Å². The quantitative estimate of drug-likeness (QED) is 0.763. The fourth-order valence-electron chi connectivity index (χ4n) is 5.19. The highest BCUT2D eigenvalue weighted by atomic mass is 16.5. The van der Waals surface area contributed by atoms with Crippen LogP contribution in [-0.4, -0.2) is 62.3 Å². The van der Waals surface area contributed by atoms with Gasteiger partial charge in [-0.3, -0.25) is 4.79 Å². The van der Waals surface area contributed by atoms with Crippen LogP contribution < -0.4 is 10.2 Å². The molecule has 3 saturated heterocycles. The summed E-state index contributed by atoms with van der Waals surface area (Å²) in [5.74, 6) is 0.917. The van der Waals surface area contributed by atoms with Crippen LogP contribution in [0, 0.1) is 5.92 Å². The third-order valence-corrected chi connectivity index (χ3v) is 7.08. The molecule has 1 unspecified atom stereocenters. The van der Waals surface area contributed by atoms with Crippen LogP contribution in [0.15, 0.2) is 30.3 Å². The number of anilines is 1. The lowest BCUT2D eigenvalue weighted by Crippen LogP contribution is -2.47. The maximum atomic E-state index is 12.1. The molecule has 3 heterocycles. The lowest BCUT2D eigenvalue weighted by molar-refractivity contribution is -0.122. The van der Waals surface area contributed by atoms with Gasteiger partial charge in [-0.1, -0.05) is 18.2 Å². The molecule has 3 aliphatic rings. The number of para-hydroxylation sites is 1. The van der Waals surface area contributed by atoms with Crippen molar-refractivity contribution in [2.24, 2.45) is 5.92 Å². The lowest BCUT2D eigenvalue weighted by atomic mass is 9.90. The predicted molar refractivity (Wildman–Crippen MR) is 117 cm³/mol. The van der Waals surface area contributed by atoms with Crippen molar-refractivity contribution in [3.05, 3.63) is 30.3 Å². The van der Waals surface area contributed by atoms with E-state index in [1.807, 2.05) is 0 Å². The van der Waals surface area contributed by atoms with Crippen molar-refractivity contribution in [1.29, 1.82) is 0 Å². The first kappa shape index (κ1) is 20.7. The summed E-state index contributed by atoms with van der Waals surface area (Å²) in [6.07, 6.45) is 9.21. The number of nitrogens with zero attached hydrogens (tertiary/aromatic N) is 2. The zero-order chi connectivity index (χ0) is 19.9. The highest BCUT2D eigenvalue weighted by molar-refractivity contribution is 5.75. The van der Waals surface area contributed by atoms with E-state index in [0.717, 1.165) is 31.9 Å². The maximum Gasteiger partial charge on any atom is 0.220 e. The highest BCUT2D eigenvalue weighted by Crippen LogP contribution is 2.28. The fourth-order valence-corrected chi connectivity index (χ4v) is 5.19. The number of piperidine rings is 2. The van der Waals surface area contributed by atoms with Crippen LogP contribution in [0.4, 0.5) is 5.69 Å². The van der Waals surface area contributed by atoms with Gasteiger partial charge in [0, 0.05) is 44.4 Å². The second-order valence-corrected chi connectivity index (χ2v) is 9.01. The van der Waals surface area contributed by atoms with E-state index >= 15 is 0 Å². The van der Waals surface area contributed by atoms with Gasteiger partial charge in [0.1, 0.15) is 0 Å². The zero-order valence-corrected chi connectivity index (χ0v) is 17.7. The Morgan fingerprint density at radius 2 is 1.76 bits per heavy atom. The van der Waals surface area contributed by atoms with E-state index in [2.05, 4.69) is 45.4 Å². The molecule has 160 valence electrons. The van der Waals surface area contributed by atoms with E-state index < -0.39 is 0 Å². The number of hydrogen-bond acceptors (Lipinski definition) is 4. The number of ether oxygens (including phenoxy) is 1. The van der Waals surface area contributed by atoms with Crippen molar-refractivity contribution in [2.45, 2.75) is 63.5 Å². The molecule has 1 aromatic carbocycles. The molecule has 0 spiro atoms. The highest BCUT2D eigenvalue weighted by Gasteiger charge is 2.28. The first-order valence-corrected chi connectivity index (χ1v) is 11.7. The number of rotatable bonds is 7. The van der Waals surface area contributed by atoms with Gasteiger partial charge in [-0.25, -0.2) is 0 Å². The normalized spacial score (nSPS) is 24.7. The first-order valence-electron chi connectivity index (χ1n) is 11.7. The Balaban J connectivity index is 1.11. The SMILES string of the molecule is O=C(CCC1CCN(C2CCN(c3ccccc3)CC2)CC1)NCC1CCCO1. The van der Waals surface area contributed by atoms with Crippen molar-refractivity contribution in [1.82, 2.24) is 10.2 Å². The Kier molecular flexibility index (Phi) is 7.44. The van der Waals surface area contributed by atoms with E-state index in [9.17, 15) is 4.79 Å². The molecule has 5 heteroatoms. The fraction of sp³-hybridized carbons (Fsp3) is 0.708. The molecule has 4 rings (SSSR count).